The Hall–Kier alpha value is -2.36. The number of aromatic nitrogens is 2. The predicted octanol–water partition coefficient (Wildman–Crippen LogP) is 3.98. The van der Waals surface area contributed by atoms with Crippen molar-refractivity contribution in [3.8, 4) is 11.5 Å². The number of nitrogens with one attached hydrogen (secondary N) is 1. The van der Waals surface area contributed by atoms with E-state index in [1.807, 2.05) is 42.5 Å². The lowest BCUT2D eigenvalue weighted by molar-refractivity contribution is -0.113. The van der Waals surface area contributed by atoms with Gasteiger partial charge in [0.05, 0.1) is 22.7 Å². The van der Waals surface area contributed by atoms with Crippen LogP contribution in [0.1, 0.15) is 0 Å². The largest absolute Gasteiger partial charge is 0.411 e. The van der Waals surface area contributed by atoms with E-state index in [0.717, 1.165) is 47.6 Å². The van der Waals surface area contributed by atoms with Gasteiger partial charge >= 0.3 is 0 Å². The first-order valence-electron chi connectivity index (χ1n) is 9.64. The van der Waals surface area contributed by atoms with E-state index in [1.165, 1.54) is 11.8 Å². The van der Waals surface area contributed by atoms with Crippen LogP contribution in [0.4, 0.5) is 11.4 Å². The smallest absolute Gasteiger partial charge is 0.277 e. The fraction of sp³-hybridized carbons (Fsp3) is 0.286. The molecule has 9 heteroatoms. The summed E-state index contributed by atoms with van der Waals surface area (Å²) in [4.78, 5) is 17.2. The van der Waals surface area contributed by atoms with Crippen molar-refractivity contribution in [3.05, 3.63) is 53.0 Å². The zero-order valence-corrected chi connectivity index (χ0v) is 18.9. The molecule has 0 spiro atoms. The lowest BCUT2D eigenvalue weighted by Crippen LogP contribution is -2.44. The van der Waals surface area contributed by atoms with Crippen LogP contribution in [0.25, 0.3) is 11.5 Å². The number of carbonyl (C=O) groups is 1. The molecule has 1 saturated heterocycles. The summed E-state index contributed by atoms with van der Waals surface area (Å²) < 4.78 is 6.58. The molecule has 4 rings (SSSR count). The second kappa shape index (κ2) is 9.63. The highest BCUT2D eigenvalue weighted by atomic mass is 79.9. The molecule has 1 aromatic heterocycles. The molecule has 1 N–H and O–H groups in total. The van der Waals surface area contributed by atoms with Crippen molar-refractivity contribution in [2.75, 3.05) is 49.2 Å². The molecule has 30 heavy (non-hydrogen) atoms. The summed E-state index contributed by atoms with van der Waals surface area (Å²) in [6.45, 7) is 3.90. The Kier molecular flexibility index (Phi) is 6.71. The number of rotatable bonds is 6. The van der Waals surface area contributed by atoms with Crippen LogP contribution in [0, 0.1) is 0 Å². The standard InChI is InChI=1S/C21H22BrN5O2S/c1-26-10-12-27(13-11-26)18-9-5-4-8-17(18)23-19(28)14-30-21-25-24-20(29-21)15-6-2-3-7-16(15)22/h2-9H,10-14H2,1H3,(H,23,28). The Labute approximate surface area is 188 Å². The number of benzene rings is 2. The summed E-state index contributed by atoms with van der Waals surface area (Å²) in [5.41, 5.74) is 2.70. The predicted molar refractivity (Wildman–Crippen MR) is 123 cm³/mol. The number of amides is 1. The summed E-state index contributed by atoms with van der Waals surface area (Å²) in [5, 5.41) is 11.5. The molecule has 1 aliphatic heterocycles. The minimum absolute atomic E-state index is 0.109. The highest BCUT2D eigenvalue weighted by Crippen LogP contribution is 2.30. The first-order chi connectivity index (χ1) is 14.6. The molecule has 0 atom stereocenters. The molecule has 2 aromatic carbocycles. The molecule has 1 fully saturated rings. The number of carbonyl (C=O) groups excluding carboxylic acids is 1. The van der Waals surface area contributed by atoms with Crippen LogP contribution < -0.4 is 10.2 Å². The number of thioether (sulfide) groups is 1. The maximum absolute atomic E-state index is 12.5. The number of likely N-dealkylation sites (N-methyl/N-ethyl adjacent to an activating group) is 1. The average Bonchev–Trinajstić information content (AvgIpc) is 3.23. The van der Waals surface area contributed by atoms with Gasteiger partial charge in [-0.05, 0) is 47.2 Å². The Morgan fingerprint density at radius 1 is 1.10 bits per heavy atom. The first-order valence-corrected chi connectivity index (χ1v) is 11.4. The van der Waals surface area contributed by atoms with Gasteiger partial charge in [-0.25, -0.2) is 0 Å². The third kappa shape index (κ3) is 5.03. The van der Waals surface area contributed by atoms with Crippen molar-refractivity contribution in [3.63, 3.8) is 0 Å². The van der Waals surface area contributed by atoms with E-state index in [-0.39, 0.29) is 11.7 Å². The topological polar surface area (TPSA) is 74.5 Å². The number of nitrogens with zero attached hydrogens (tertiary/aromatic N) is 4. The molecule has 0 aliphatic carbocycles. The van der Waals surface area contributed by atoms with Gasteiger partial charge in [0.1, 0.15) is 0 Å². The maximum atomic E-state index is 12.5. The Morgan fingerprint density at radius 2 is 1.83 bits per heavy atom. The number of anilines is 2. The summed E-state index contributed by atoms with van der Waals surface area (Å²) in [5.74, 6) is 0.502. The van der Waals surface area contributed by atoms with Crippen molar-refractivity contribution in [2.45, 2.75) is 5.22 Å². The van der Waals surface area contributed by atoms with Gasteiger partial charge in [-0.1, -0.05) is 36.0 Å². The minimum atomic E-state index is -0.109. The van der Waals surface area contributed by atoms with Crippen molar-refractivity contribution in [1.29, 1.82) is 0 Å². The van der Waals surface area contributed by atoms with Gasteiger partial charge < -0.3 is 19.5 Å². The van der Waals surface area contributed by atoms with Crippen LogP contribution in [-0.2, 0) is 4.79 Å². The SMILES string of the molecule is CN1CCN(c2ccccc2NC(=O)CSc2nnc(-c3ccccc3Br)o2)CC1. The van der Waals surface area contributed by atoms with Crippen molar-refractivity contribution >= 4 is 45.0 Å². The van der Waals surface area contributed by atoms with Gasteiger partial charge in [-0.2, -0.15) is 0 Å². The van der Waals surface area contributed by atoms with Gasteiger partial charge in [-0.15, -0.1) is 10.2 Å². The molecular formula is C21H22BrN5O2S. The fourth-order valence-electron chi connectivity index (χ4n) is 3.23. The van der Waals surface area contributed by atoms with E-state index < -0.39 is 0 Å². The zero-order valence-electron chi connectivity index (χ0n) is 16.5. The van der Waals surface area contributed by atoms with E-state index in [0.29, 0.717) is 11.1 Å². The fourth-order valence-corrected chi connectivity index (χ4v) is 4.25. The second-order valence-corrected chi connectivity index (χ2v) is 8.78. The second-order valence-electron chi connectivity index (χ2n) is 7.00. The summed E-state index contributed by atoms with van der Waals surface area (Å²) in [6.07, 6.45) is 0. The molecule has 0 saturated carbocycles. The average molecular weight is 488 g/mol. The van der Waals surface area contributed by atoms with Crippen LogP contribution in [-0.4, -0.2) is 60.0 Å². The molecule has 0 bridgehead atoms. The molecule has 1 aliphatic rings. The first kappa shape index (κ1) is 20.9. The molecule has 1 amide bonds. The van der Waals surface area contributed by atoms with E-state index in [1.54, 1.807) is 0 Å². The van der Waals surface area contributed by atoms with Crippen LogP contribution in [0.3, 0.4) is 0 Å². The van der Waals surface area contributed by atoms with Gasteiger partial charge in [0.2, 0.25) is 11.8 Å². The molecule has 156 valence electrons. The molecule has 3 aromatic rings. The van der Waals surface area contributed by atoms with E-state index in [9.17, 15) is 4.79 Å². The number of para-hydroxylation sites is 2. The van der Waals surface area contributed by atoms with Crippen LogP contribution in [0.15, 0.2) is 62.6 Å². The highest BCUT2D eigenvalue weighted by Gasteiger charge is 2.18. The van der Waals surface area contributed by atoms with Gasteiger partial charge in [0.25, 0.3) is 5.22 Å². The maximum Gasteiger partial charge on any atom is 0.277 e. The number of hydrogen-bond donors (Lipinski definition) is 1. The van der Waals surface area contributed by atoms with E-state index >= 15 is 0 Å². The summed E-state index contributed by atoms with van der Waals surface area (Å²) in [7, 11) is 2.13. The monoisotopic (exact) mass is 487 g/mol. The number of piperazine rings is 1. The molecular weight excluding hydrogens is 466 g/mol. The van der Waals surface area contributed by atoms with Crippen LogP contribution >= 0.6 is 27.7 Å². The lowest BCUT2D eigenvalue weighted by Gasteiger charge is -2.35. The zero-order chi connectivity index (χ0) is 20.9. The highest BCUT2D eigenvalue weighted by molar-refractivity contribution is 9.10. The van der Waals surface area contributed by atoms with Crippen molar-refractivity contribution < 1.29 is 9.21 Å². The van der Waals surface area contributed by atoms with E-state index in [2.05, 4.69) is 54.4 Å². The van der Waals surface area contributed by atoms with E-state index in [4.69, 9.17) is 4.42 Å². The lowest BCUT2D eigenvalue weighted by atomic mass is 10.2. The molecule has 7 nitrogen and oxygen atoms in total. The molecule has 2 heterocycles. The summed E-state index contributed by atoms with van der Waals surface area (Å²) in [6, 6.07) is 15.6. The van der Waals surface area contributed by atoms with Crippen molar-refractivity contribution in [1.82, 2.24) is 15.1 Å². The Morgan fingerprint density at radius 3 is 2.63 bits per heavy atom. The Balaban J connectivity index is 1.37. The van der Waals surface area contributed by atoms with Gasteiger partial charge in [0, 0.05) is 30.7 Å². The van der Waals surface area contributed by atoms with Gasteiger partial charge in [0.15, 0.2) is 0 Å². The molecule has 0 unspecified atom stereocenters. The number of halogens is 1. The quantitative estimate of drug-likeness (QED) is 0.526. The van der Waals surface area contributed by atoms with Crippen molar-refractivity contribution in [2.24, 2.45) is 0 Å². The minimum Gasteiger partial charge on any atom is -0.411 e. The third-order valence-electron chi connectivity index (χ3n) is 4.86. The molecule has 0 radical (unpaired) electrons. The summed E-state index contributed by atoms with van der Waals surface area (Å²) >= 11 is 4.70. The Bertz CT molecular complexity index is 1020. The van der Waals surface area contributed by atoms with Crippen LogP contribution in [0.5, 0.6) is 0 Å². The van der Waals surface area contributed by atoms with Gasteiger partial charge in [-0.3, -0.25) is 4.79 Å². The normalized spacial score (nSPS) is 14.7. The number of hydrogen-bond acceptors (Lipinski definition) is 7. The third-order valence-corrected chi connectivity index (χ3v) is 6.37. The van der Waals surface area contributed by atoms with Crippen LogP contribution in [0.2, 0.25) is 0 Å².